The monoisotopic (exact) mass is 208 g/mol. The molecule has 1 heterocycles. The van der Waals surface area contributed by atoms with E-state index >= 15 is 0 Å². The first-order chi connectivity index (χ1) is 6.03. The third-order valence-electron chi connectivity index (χ3n) is 2.15. The zero-order valence-electron chi connectivity index (χ0n) is 8.36. The van der Waals surface area contributed by atoms with Crippen LogP contribution in [0.4, 0.5) is 0 Å². The normalized spacial score (nSPS) is 33.2. The first-order valence-corrected chi connectivity index (χ1v) is 6.46. The summed E-state index contributed by atoms with van der Waals surface area (Å²) in [5.74, 6) is 0. The summed E-state index contributed by atoms with van der Waals surface area (Å²) in [6.07, 6.45) is 2.41. The van der Waals surface area contributed by atoms with Crippen LogP contribution in [0.15, 0.2) is 0 Å². The quantitative estimate of drug-likeness (QED) is 0.663. The molecule has 78 valence electrons. The Morgan fingerprint density at radius 3 is 2.69 bits per heavy atom. The van der Waals surface area contributed by atoms with Crippen molar-refractivity contribution in [2.45, 2.75) is 32.0 Å². The molecule has 0 aliphatic carbocycles. The van der Waals surface area contributed by atoms with Gasteiger partial charge in [-0.05, 0) is 19.8 Å². The van der Waals surface area contributed by atoms with Gasteiger partial charge in [-0.15, -0.1) is 0 Å². The van der Waals surface area contributed by atoms with Gasteiger partial charge in [0.1, 0.15) is 0 Å². The van der Waals surface area contributed by atoms with Crippen molar-refractivity contribution in [1.82, 2.24) is 0 Å². The summed E-state index contributed by atoms with van der Waals surface area (Å²) in [5.41, 5.74) is 0. The summed E-state index contributed by atoms with van der Waals surface area (Å²) in [6, 6.07) is 0. The Labute approximate surface area is 79.1 Å². The number of hydrogen-bond donors (Lipinski definition) is 0. The number of rotatable bonds is 4. The molecule has 1 fully saturated rings. The molecule has 1 aliphatic rings. The molecule has 1 rings (SSSR count). The van der Waals surface area contributed by atoms with E-state index in [1.54, 1.807) is 0 Å². The molecule has 3 atom stereocenters. The topological polar surface area (TPSA) is 44.8 Å². The van der Waals surface area contributed by atoms with E-state index in [2.05, 4.69) is 0 Å². The Balaban J connectivity index is 2.23. The minimum atomic E-state index is -2.83. The second-order valence-electron chi connectivity index (χ2n) is 3.40. The van der Waals surface area contributed by atoms with Crippen LogP contribution in [-0.2, 0) is 18.3 Å². The van der Waals surface area contributed by atoms with Crippen molar-refractivity contribution in [3.63, 3.8) is 0 Å². The minimum Gasteiger partial charge on any atom is -0.373 e. The maximum Gasteiger partial charge on any atom is 0.327 e. The minimum absolute atomic E-state index is 0.0819. The molecule has 5 heteroatoms. The fourth-order valence-electron chi connectivity index (χ4n) is 1.28. The highest BCUT2D eigenvalue weighted by Gasteiger charge is 2.24. The van der Waals surface area contributed by atoms with Crippen molar-refractivity contribution in [2.75, 3.05) is 20.4 Å². The van der Waals surface area contributed by atoms with Crippen LogP contribution in [0.5, 0.6) is 0 Å². The van der Waals surface area contributed by atoms with E-state index in [9.17, 15) is 4.57 Å². The van der Waals surface area contributed by atoms with Crippen LogP contribution in [0.3, 0.4) is 0 Å². The first-order valence-electron chi connectivity index (χ1n) is 4.47. The van der Waals surface area contributed by atoms with E-state index in [0.29, 0.717) is 12.7 Å². The molecular formula is C8H17O4P. The molecule has 0 N–H and O–H groups in total. The molecule has 0 radical (unpaired) electrons. The third-order valence-corrected chi connectivity index (χ3v) is 3.43. The maximum absolute atomic E-state index is 11.3. The SMILES string of the molecule is COP(C)(=O)OC[C@@H]1CC[C@H](C)O1. The third kappa shape index (κ3) is 3.77. The van der Waals surface area contributed by atoms with Gasteiger partial charge in [-0.2, -0.15) is 0 Å². The van der Waals surface area contributed by atoms with Gasteiger partial charge in [0.05, 0.1) is 18.8 Å². The summed E-state index contributed by atoms with van der Waals surface area (Å²) in [5, 5.41) is 0. The maximum atomic E-state index is 11.3. The fourth-order valence-corrected chi connectivity index (χ4v) is 1.82. The highest BCUT2D eigenvalue weighted by molar-refractivity contribution is 7.52. The summed E-state index contributed by atoms with van der Waals surface area (Å²) >= 11 is 0. The molecule has 0 aromatic rings. The van der Waals surface area contributed by atoms with E-state index in [4.69, 9.17) is 13.8 Å². The van der Waals surface area contributed by atoms with E-state index in [1.807, 2.05) is 6.92 Å². The Bertz CT molecular complexity index is 206. The number of hydrogen-bond acceptors (Lipinski definition) is 4. The van der Waals surface area contributed by atoms with Crippen molar-refractivity contribution >= 4 is 7.60 Å². The van der Waals surface area contributed by atoms with Gasteiger partial charge in [-0.25, -0.2) is 0 Å². The zero-order valence-corrected chi connectivity index (χ0v) is 9.25. The van der Waals surface area contributed by atoms with Crippen LogP contribution >= 0.6 is 7.60 Å². The van der Waals surface area contributed by atoms with Gasteiger partial charge in [-0.3, -0.25) is 4.57 Å². The van der Waals surface area contributed by atoms with Gasteiger partial charge in [-0.1, -0.05) is 0 Å². The Morgan fingerprint density at radius 1 is 1.54 bits per heavy atom. The summed E-state index contributed by atoms with van der Waals surface area (Å²) in [7, 11) is -1.44. The molecular weight excluding hydrogens is 191 g/mol. The summed E-state index contributed by atoms with van der Waals surface area (Å²) in [4.78, 5) is 0. The fraction of sp³-hybridized carbons (Fsp3) is 1.00. The van der Waals surface area contributed by atoms with Crippen LogP contribution in [0.2, 0.25) is 0 Å². The smallest absolute Gasteiger partial charge is 0.327 e. The summed E-state index contributed by atoms with van der Waals surface area (Å²) < 4.78 is 26.6. The molecule has 1 aliphatic heterocycles. The predicted octanol–water partition coefficient (Wildman–Crippen LogP) is 2.04. The van der Waals surface area contributed by atoms with E-state index in [0.717, 1.165) is 12.8 Å². The Morgan fingerprint density at radius 2 is 2.23 bits per heavy atom. The molecule has 0 amide bonds. The van der Waals surface area contributed by atoms with Gasteiger partial charge < -0.3 is 13.8 Å². The molecule has 0 saturated carbocycles. The molecule has 1 unspecified atom stereocenters. The van der Waals surface area contributed by atoms with Gasteiger partial charge in [0.15, 0.2) is 0 Å². The van der Waals surface area contributed by atoms with Gasteiger partial charge in [0.25, 0.3) is 0 Å². The van der Waals surface area contributed by atoms with E-state index in [1.165, 1.54) is 13.8 Å². The lowest BCUT2D eigenvalue weighted by molar-refractivity contribution is 0.0232. The average molecular weight is 208 g/mol. The largest absolute Gasteiger partial charge is 0.373 e. The summed E-state index contributed by atoms with van der Waals surface area (Å²) in [6.45, 7) is 3.86. The molecule has 0 aromatic carbocycles. The van der Waals surface area contributed by atoms with Gasteiger partial charge in [0, 0.05) is 13.8 Å². The van der Waals surface area contributed by atoms with E-state index in [-0.39, 0.29) is 6.10 Å². The molecule has 4 nitrogen and oxygen atoms in total. The molecule has 13 heavy (non-hydrogen) atoms. The lowest BCUT2D eigenvalue weighted by Crippen LogP contribution is -2.15. The van der Waals surface area contributed by atoms with E-state index < -0.39 is 7.60 Å². The van der Waals surface area contributed by atoms with Crippen molar-refractivity contribution in [3.05, 3.63) is 0 Å². The highest BCUT2D eigenvalue weighted by Crippen LogP contribution is 2.43. The first kappa shape index (κ1) is 11.2. The average Bonchev–Trinajstić information content (AvgIpc) is 2.48. The Kier molecular flexibility index (Phi) is 3.92. The second kappa shape index (κ2) is 4.56. The molecule has 0 aromatic heterocycles. The van der Waals surface area contributed by atoms with Crippen LogP contribution in [0.25, 0.3) is 0 Å². The van der Waals surface area contributed by atoms with Crippen molar-refractivity contribution in [1.29, 1.82) is 0 Å². The standard InChI is InChI=1S/C8H17O4P/c1-7-4-5-8(12-7)6-11-13(3,9)10-2/h7-8H,4-6H2,1-3H3/t7-,8-,13?/m0/s1. The van der Waals surface area contributed by atoms with Crippen molar-refractivity contribution in [2.24, 2.45) is 0 Å². The van der Waals surface area contributed by atoms with Crippen LogP contribution in [0, 0.1) is 0 Å². The lowest BCUT2D eigenvalue weighted by atomic mass is 10.2. The van der Waals surface area contributed by atoms with Crippen LogP contribution in [-0.4, -0.2) is 32.6 Å². The highest BCUT2D eigenvalue weighted by atomic mass is 31.2. The molecule has 0 spiro atoms. The van der Waals surface area contributed by atoms with Crippen molar-refractivity contribution in [3.8, 4) is 0 Å². The van der Waals surface area contributed by atoms with Crippen molar-refractivity contribution < 1.29 is 18.3 Å². The lowest BCUT2D eigenvalue weighted by Gasteiger charge is -2.15. The van der Waals surface area contributed by atoms with Crippen LogP contribution in [0.1, 0.15) is 19.8 Å². The zero-order chi connectivity index (χ0) is 9.90. The van der Waals surface area contributed by atoms with Crippen LogP contribution < -0.4 is 0 Å². The number of ether oxygens (including phenoxy) is 1. The Hall–Kier alpha value is 0.110. The predicted molar refractivity (Wildman–Crippen MR) is 50.1 cm³/mol. The van der Waals surface area contributed by atoms with Gasteiger partial charge >= 0.3 is 7.60 Å². The van der Waals surface area contributed by atoms with Gasteiger partial charge in [0.2, 0.25) is 0 Å². The molecule has 1 saturated heterocycles. The molecule has 0 bridgehead atoms. The second-order valence-corrected chi connectivity index (χ2v) is 5.56.